The molecule has 1 aliphatic rings. The smallest absolute Gasteiger partial charge is 0.295 e. The van der Waals surface area contributed by atoms with Crippen LogP contribution >= 0.6 is 0 Å². The number of carbonyl (C=O) groups is 2. The number of amides is 1. The van der Waals surface area contributed by atoms with Crippen LogP contribution in [0, 0.1) is 0 Å². The van der Waals surface area contributed by atoms with Crippen molar-refractivity contribution in [3.05, 3.63) is 65.2 Å². The van der Waals surface area contributed by atoms with Crippen LogP contribution in [0.3, 0.4) is 0 Å². The molecule has 1 saturated heterocycles. The Hall–Kier alpha value is -3.32. The predicted octanol–water partition coefficient (Wildman–Crippen LogP) is 2.69. The van der Waals surface area contributed by atoms with Gasteiger partial charge in [0.25, 0.3) is 11.7 Å². The van der Waals surface area contributed by atoms with E-state index in [0.717, 1.165) is 0 Å². The van der Waals surface area contributed by atoms with Crippen LogP contribution in [-0.2, 0) is 9.59 Å². The van der Waals surface area contributed by atoms with Gasteiger partial charge in [0.2, 0.25) is 0 Å². The van der Waals surface area contributed by atoms with Gasteiger partial charge in [-0.1, -0.05) is 30.3 Å². The van der Waals surface area contributed by atoms with Crippen molar-refractivity contribution in [2.45, 2.75) is 6.04 Å². The number of likely N-dealkylation sites (N-methyl/N-ethyl adjacent to an activating group) is 1. The highest BCUT2D eigenvalue weighted by Crippen LogP contribution is 2.43. The van der Waals surface area contributed by atoms with Crippen LogP contribution in [0.1, 0.15) is 17.2 Å². The first-order chi connectivity index (χ1) is 14.4. The average molecular weight is 410 g/mol. The van der Waals surface area contributed by atoms with Gasteiger partial charge in [-0.25, -0.2) is 0 Å². The van der Waals surface area contributed by atoms with Crippen molar-refractivity contribution in [2.24, 2.45) is 0 Å². The molecule has 2 aromatic carbocycles. The summed E-state index contributed by atoms with van der Waals surface area (Å²) in [6.45, 7) is 0.885. The third-order valence-corrected chi connectivity index (χ3v) is 5.11. The van der Waals surface area contributed by atoms with Crippen LogP contribution in [-0.4, -0.2) is 68.0 Å². The maximum Gasteiger partial charge on any atom is 0.295 e. The molecule has 2 aromatic rings. The van der Waals surface area contributed by atoms with E-state index < -0.39 is 17.7 Å². The molecule has 0 spiro atoms. The Morgan fingerprint density at radius 3 is 2.37 bits per heavy atom. The van der Waals surface area contributed by atoms with Crippen LogP contribution in [0.15, 0.2) is 54.1 Å². The summed E-state index contributed by atoms with van der Waals surface area (Å²) in [6, 6.07) is 13.2. The highest BCUT2D eigenvalue weighted by atomic mass is 16.5. The number of aliphatic hydroxyl groups is 1. The minimum Gasteiger partial charge on any atom is -0.507 e. The molecule has 1 fully saturated rings. The molecule has 0 aromatic heterocycles. The van der Waals surface area contributed by atoms with E-state index in [1.54, 1.807) is 49.6 Å². The fraction of sp³-hybridized carbons (Fsp3) is 0.304. The van der Waals surface area contributed by atoms with Crippen molar-refractivity contribution in [2.75, 3.05) is 41.4 Å². The average Bonchev–Trinajstić information content (AvgIpc) is 3.01. The number of rotatable bonds is 7. The third kappa shape index (κ3) is 4.02. The molecule has 7 nitrogen and oxygen atoms in total. The van der Waals surface area contributed by atoms with E-state index >= 15 is 0 Å². The van der Waals surface area contributed by atoms with Crippen molar-refractivity contribution in [3.63, 3.8) is 0 Å². The Labute approximate surface area is 176 Å². The molecule has 3 rings (SSSR count). The third-order valence-electron chi connectivity index (χ3n) is 5.11. The first kappa shape index (κ1) is 21.4. The van der Waals surface area contributed by atoms with Gasteiger partial charge in [0.05, 0.1) is 25.8 Å². The van der Waals surface area contributed by atoms with Gasteiger partial charge in [0.1, 0.15) is 17.3 Å². The molecule has 7 heteroatoms. The van der Waals surface area contributed by atoms with E-state index in [1.165, 1.54) is 12.0 Å². The summed E-state index contributed by atoms with van der Waals surface area (Å²) in [4.78, 5) is 29.3. The van der Waals surface area contributed by atoms with Gasteiger partial charge in [-0.2, -0.15) is 0 Å². The Morgan fingerprint density at radius 2 is 1.77 bits per heavy atom. The number of ether oxygens (including phenoxy) is 2. The Morgan fingerprint density at radius 1 is 1.07 bits per heavy atom. The number of ketones is 1. The van der Waals surface area contributed by atoms with E-state index in [0.29, 0.717) is 35.7 Å². The molecule has 1 aliphatic heterocycles. The lowest BCUT2D eigenvalue weighted by Crippen LogP contribution is -2.35. The number of Topliss-reactive ketones (excluding diaryl/α,β-unsaturated/α-hetero) is 1. The van der Waals surface area contributed by atoms with E-state index in [9.17, 15) is 14.7 Å². The van der Waals surface area contributed by atoms with Gasteiger partial charge >= 0.3 is 0 Å². The van der Waals surface area contributed by atoms with E-state index in [4.69, 9.17) is 9.47 Å². The lowest BCUT2D eigenvalue weighted by molar-refractivity contribution is -0.140. The van der Waals surface area contributed by atoms with E-state index in [1.807, 2.05) is 25.1 Å². The Balaban J connectivity index is 2.20. The number of benzene rings is 2. The summed E-state index contributed by atoms with van der Waals surface area (Å²) in [5, 5.41) is 11.0. The number of likely N-dealkylation sites (tertiary alicyclic amines) is 1. The fourth-order valence-corrected chi connectivity index (χ4v) is 3.54. The lowest BCUT2D eigenvalue weighted by atomic mass is 9.94. The van der Waals surface area contributed by atoms with Crippen molar-refractivity contribution < 1.29 is 24.2 Å². The predicted molar refractivity (Wildman–Crippen MR) is 114 cm³/mol. The van der Waals surface area contributed by atoms with E-state index in [-0.39, 0.29) is 11.3 Å². The second kappa shape index (κ2) is 9.00. The topological polar surface area (TPSA) is 79.3 Å². The van der Waals surface area contributed by atoms with Gasteiger partial charge in [-0.3, -0.25) is 9.59 Å². The molecule has 0 aliphatic carbocycles. The number of methoxy groups -OCH3 is 2. The van der Waals surface area contributed by atoms with Crippen LogP contribution in [0.4, 0.5) is 0 Å². The summed E-state index contributed by atoms with van der Waals surface area (Å²) in [6.07, 6.45) is 0. The first-order valence-corrected chi connectivity index (χ1v) is 9.59. The zero-order chi connectivity index (χ0) is 21.8. The van der Waals surface area contributed by atoms with Crippen LogP contribution in [0.25, 0.3) is 5.76 Å². The summed E-state index contributed by atoms with van der Waals surface area (Å²) < 4.78 is 10.8. The number of hydrogen-bond acceptors (Lipinski definition) is 6. The largest absolute Gasteiger partial charge is 0.507 e. The molecule has 0 unspecified atom stereocenters. The van der Waals surface area contributed by atoms with Gasteiger partial charge in [0.15, 0.2) is 0 Å². The first-order valence-electron chi connectivity index (χ1n) is 9.59. The molecule has 1 amide bonds. The maximum absolute atomic E-state index is 13.0. The van der Waals surface area contributed by atoms with Gasteiger partial charge < -0.3 is 24.4 Å². The molecule has 0 saturated carbocycles. The van der Waals surface area contributed by atoms with Crippen molar-refractivity contribution >= 4 is 17.4 Å². The van der Waals surface area contributed by atoms with Gasteiger partial charge in [0, 0.05) is 30.3 Å². The number of carbonyl (C=O) groups excluding carboxylic acids is 2. The number of nitrogens with zero attached hydrogens (tertiary/aromatic N) is 2. The molecular formula is C23H26N2O5. The number of hydrogen-bond donors (Lipinski definition) is 1. The second-order valence-corrected chi connectivity index (χ2v) is 7.27. The maximum atomic E-state index is 13.0. The summed E-state index contributed by atoms with van der Waals surface area (Å²) in [5.74, 6) is -0.502. The van der Waals surface area contributed by atoms with Crippen LogP contribution in [0.2, 0.25) is 0 Å². The van der Waals surface area contributed by atoms with Gasteiger partial charge in [-0.05, 0) is 26.2 Å². The summed E-state index contributed by atoms with van der Waals surface area (Å²) >= 11 is 0. The van der Waals surface area contributed by atoms with Crippen LogP contribution < -0.4 is 9.47 Å². The van der Waals surface area contributed by atoms with Crippen molar-refractivity contribution in [1.82, 2.24) is 9.80 Å². The zero-order valence-corrected chi connectivity index (χ0v) is 17.6. The molecule has 1 heterocycles. The monoisotopic (exact) mass is 410 g/mol. The van der Waals surface area contributed by atoms with Crippen LogP contribution in [0.5, 0.6) is 11.5 Å². The minimum absolute atomic E-state index is 0.0495. The van der Waals surface area contributed by atoms with Gasteiger partial charge in [-0.15, -0.1) is 0 Å². The molecule has 0 bridgehead atoms. The fourth-order valence-electron chi connectivity index (χ4n) is 3.54. The quantitative estimate of drug-likeness (QED) is 0.430. The highest BCUT2D eigenvalue weighted by molar-refractivity contribution is 6.46. The Bertz CT molecular complexity index is 969. The normalized spacial score (nSPS) is 18.2. The summed E-state index contributed by atoms with van der Waals surface area (Å²) in [7, 11) is 6.85. The molecule has 1 N–H and O–H groups in total. The highest BCUT2D eigenvalue weighted by Gasteiger charge is 2.46. The SMILES string of the molecule is COc1ccc([C@@H]2C(=C(O)c3ccccc3)C(=O)C(=O)N2CCN(C)C)c(OC)c1. The van der Waals surface area contributed by atoms with E-state index in [2.05, 4.69) is 0 Å². The molecule has 1 atom stereocenters. The standard InChI is InChI=1S/C23H26N2O5/c1-24(2)12-13-25-20(17-11-10-16(29-3)14-18(17)30-4)19(22(27)23(25)28)21(26)15-8-6-5-7-9-15/h5-11,14,20,26H,12-13H2,1-4H3/t20-/m1/s1. The Kier molecular flexibility index (Phi) is 6.42. The van der Waals surface area contributed by atoms with Crippen molar-refractivity contribution in [3.8, 4) is 11.5 Å². The lowest BCUT2D eigenvalue weighted by Gasteiger charge is -2.27. The summed E-state index contributed by atoms with van der Waals surface area (Å²) in [5.41, 5.74) is 1.13. The minimum atomic E-state index is -0.772. The molecular weight excluding hydrogens is 384 g/mol. The molecule has 30 heavy (non-hydrogen) atoms. The molecule has 158 valence electrons. The zero-order valence-electron chi connectivity index (χ0n) is 17.6. The number of aliphatic hydroxyl groups excluding tert-OH is 1. The van der Waals surface area contributed by atoms with Crippen molar-refractivity contribution in [1.29, 1.82) is 0 Å². The second-order valence-electron chi connectivity index (χ2n) is 7.27. The molecule has 0 radical (unpaired) electrons.